The molecule has 58 valence electrons. The van der Waals surface area contributed by atoms with Crippen molar-refractivity contribution in [3.8, 4) is 0 Å². The smallest absolute Gasteiger partial charge is 0.131 e. The average Bonchev–Trinajstić information content (AvgIpc) is 1.83. The second kappa shape index (κ2) is 2.70. The molecule has 0 aliphatic carbocycles. The predicted molar refractivity (Wildman–Crippen MR) is 46.1 cm³/mol. The molecule has 0 unspecified atom stereocenters. The summed E-state index contributed by atoms with van der Waals surface area (Å²) in [4.78, 5) is 6.40. The number of rotatable bonds is 1. The van der Waals surface area contributed by atoms with Crippen LogP contribution in [0, 0.1) is 0 Å². The van der Waals surface area contributed by atoms with E-state index in [-0.39, 0.29) is 0 Å². The Labute approximate surface area is 70.8 Å². The van der Waals surface area contributed by atoms with E-state index in [0.29, 0.717) is 5.15 Å². The zero-order valence-corrected chi connectivity index (χ0v) is 6.88. The summed E-state index contributed by atoms with van der Waals surface area (Å²) in [7, 11) is 0. The van der Waals surface area contributed by atoms with Crippen LogP contribution in [-0.4, -0.2) is 18.1 Å². The summed E-state index contributed by atoms with van der Waals surface area (Å²) in [5.74, 6) is 1.00. The Morgan fingerprint density at radius 3 is 2.73 bits per heavy atom. The lowest BCUT2D eigenvalue weighted by atomic mass is 10.2. The summed E-state index contributed by atoms with van der Waals surface area (Å²) in [6.45, 7) is 2.24. The van der Waals surface area contributed by atoms with E-state index in [1.54, 1.807) is 6.07 Å². The molecule has 1 aliphatic rings. The summed E-state index contributed by atoms with van der Waals surface area (Å²) in [6, 6.07) is 5.72. The van der Waals surface area contributed by atoms with Crippen LogP contribution >= 0.6 is 11.6 Å². The maximum Gasteiger partial charge on any atom is 0.131 e. The molecule has 0 N–H and O–H groups in total. The molecule has 0 saturated carbocycles. The lowest BCUT2D eigenvalue weighted by Gasteiger charge is -2.31. The quantitative estimate of drug-likeness (QED) is 0.596. The van der Waals surface area contributed by atoms with Crippen molar-refractivity contribution < 1.29 is 0 Å². The first-order valence-corrected chi connectivity index (χ1v) is 4.11. The highest BCUT2D eigenvalue weighted by Gasteiger charge is 2.14. The topological polar surface area (TPSA) is 16.1 Å². The predicted octanol–water partition coefficient (Wildman–Crippen LogP) is 1.95. The highest BCUT2D eigenvalue weighted by atomic mass is 35.5. The van der Waals surface area contributed by atoms with Crippen LogP contribution in [0.1, 0.15) is 6.42 Å². The number of hydrogen-bond donors (Lipinski definition) is 0. The Morgan fingerprint density at radius 1 is 1.36 bits per heavy atom. The van der Waals surface area contributed by atoms with Crippen molar-refractivity contribution >= 4 is 17.4 Å². The molecule has 1 aliphatic heterocycles. The van der Waals surface area contributed by atoms with Crippen LogP contribution in [0.25, 0.3) is 0 Å². The fourth-order valence-corrected chi connectivity index (χ4v) is 1.28. The third kappa shape index (κ3) is 1.31. The molecule has 1 aromatic heterocycles. The van der Waals surface area contributed by atoms with Gasteiger partial charge in [0.2, 0.25) is 0 Å². The third-order valence-electron chi connectivity index (χ3n) is 1.88. The normalized spacial score (nSPS) is 16.3. The molecule has 0 aromatic carbocycles. The van der Waals surface area contributed by atoms with E-state index in [1.807, 2.05) is 12.1 Å². The monoisotopic (exact) mass is 168 g/mol. The fraction of sp³-hybridized carbons (Fsp3) is 0.375. The van der Waals surface area contributed by atoms with Crippen molar-refractivity contribution in [1.29, 1.82) is 0 Å². The molecule has 1 aromatic rings. The van der Waals surface area contributed by atoms with Crippen molar-refractivity contribution in [2.45, 2.75) is 6.42 Å². The van der Waals surface area contributed by atoms with E-state index in [9.17, 15) is 0 Å². The van der Waals surface area contributed by atoms with Crippen molar-refractivity contribution in [1.82, 2.24) is 4.98 Å². The van der Waals surface area contributed by atoms with Crippen LogP contribution in [0.4, 0.5) is 5.82 Å². The first-order chi connectivity index (χ1) is 5.36. The van der Waals surface area contributed by atoms with Crippen LogP contribution in [-0.2, 0) is 0 Å². The van der Waals surface area contributed by atoms with Crippen LogP contribution in [0.3, 0.4) is 0 Å². The van der Waals surface area contributed by atoms with Gasteiger partial charge in [0.05, 0.1) is 0 Å². The minimum Gasteiger partial charge on any atom is -0.356 e. The SMILES string of the molecule is Clc1cccc(N2CCC2)n1. The molecular weight excluding hydrogens is 160 g/mol. The summed E-state index contributed by atoms with van der Waals surface area (Å²) >= 11 is 5.73. The van der Waals surface area contributed by atoms with Crippen LogP contribution in [0.2, 0.25) is 5.15 Å². The van der Waals surface area contributed by atoms with Gasteiger partial charge in [-0.05, 0) is 18.6 Å². The maximum atomic E-state index is 5.73. The van der Waals surface area contributed by atoms with Gasteiger partial charge >= 0.3 is 0 Å². The number of hydrogen-bond acceptors (Lipinski definition) is 2. The number of halogens is 1. The molecule has 0 spiro atoms. The second-order valence-corrected chi connectivity index (χ2v) is 3.05. The Balaban J connectivity index is 2.23. The van der Waals surface area contributed by atoms with Gasteiger partial charge in [0.25, 0.3) is 0 Å². The van der Waals surface area contributed by atoms with Crippen molar-refractivity contribution in [2.24, 2.45) is 0 Å². The van der Waals surface area contributed by atoms with Gasteiger partial charge in [-0.25, -0.2) is 4.98 Å². The van der Waals surface area contributed by atoms with E-state index < -0.39 is 0 Å². The molecule has 2 nitrogen and oxygen atoms in total. The highest BCUT2D eigenvalue weighted by molar-refractivity contribution is 6.29. The van der Waals surface area contributed by atoms with Gasteiger partial charge in [0.15, 0.2) is 0 Å². The molecule has 2 rings (SSSR count). The molecule has 11 heavy (non-hydrogen) atoms. The molecule has 1 saturated heterocycles. The zero-order chi connectivity index (χ0) is 7.68. The third-order valence-corrected chi connectivity index (χ3v) is 2.09. The number of aromatic nitrogens is 1. The lowest BCUT2D eigenvalue weighted by Crippen LogP contribution is -2.37. The van der Waals surface area contributed by atoms with E-state index in [1.165, 1.54) is 6.42 Å². The molecular formula is C8H9ClN2. The molecule has 1 fully saturated rings. The largest absolute Gasteiger partial charge is 0.356 e. The molecule has 3 heteroatoms. The van der Waals surface area contributed by atoms with Gasteiger partial charge in [-0.3, -0.25) is 0 Å². The van der Waals surface area contributed by atoms with Gasteiger partial charge in [0.1, 0.15) is 11.0 Å². The van der Waals surface area contributed by atoms with Gasteiger partial charge in [0, 0.05) is 13.1 Å². The van der Waals surface area contributed by atoms with E-state index in [4.69, 9.17) is 11.6 Å². The standard InChI is InChI=1S/C8H9ClN2/c9-7-3-1-4-8(10-7)11-5-2-6-11/h1,3-4H,2,5-6H2. The molecule has 0 atom stereocenters. The van der Waals surface area contributed by atoms with Crippen LogP contribution in [0.15, 0.2) is 18.2 Å². The fourth-order valence-electron chi connectivity index (χ4n) is 1.12. The average molecular weight is 169 g/mol. The Kier molecular flexibility index (Phi) is 1.70. The Bertz CT molecular complexity index is 258. The summed E-state index contributed by atoms with van der Waals surface area (Å²) in [5.41, 5.74) is 0. The van der Waals surface area contributed by atoms with E-state index >= 15 is 0 Å². The van der Waals surface area contributed by atoms with Crippen LogP contribution in [0.5, 0.6) is 0 Å². The highest BCUT2D eigenvalue weighted by Crippen LogP contribution is 2.19. The van der Waals surface area contributed by atoms with Gasteiger partial charge < -0.3 is 4.90 Å². The van der Waals surface area contributed by atoms with Crippen molar-refractivity contribution in [2.75, 3.05) is 18.0 Å². The van der Waals surface area contributed by atoms with E-state index in [2.05, 4.69) is 9.88 Å². The Morgan fingerprint density at radius 2 is 2.18 bits per heavy atom. The molecule has 2 heterocycles. The molecule has 0 radical (unpaired) electrons. The molecule has 0 bridgehead atoms. The Hall–Kier alpha value is -0.760. The van der Waals surface area contributed by atoms with Gasteiger partial charge in [-0.1, -0.05) is 17.7 Å². The summed E-state index contributed by atoms with van der Waals surface area (Å²) < 4.78 is 0. The number of nitrogens with zero attached hydrogens (tertiary/aromatic N) is 2. The van der Waals surface area contributed by atoms with Crippen molar-refractivity contribution in [3.63, 3.8) is 0 Å². The van der Waals surface area contributed by atoms with Crippen LogP contribution < -0.4 is 4.90 Å². The van der Waals surface area contributed by atoms with Gasteiger partial charge in [-0.2, -0.15) is 0 Å². The minimum absolute atomic E-state index is 0.578. The number of anilines is 1. The maximum absolute atomic E-state index is 5.73. The second-order valence-electron chi connectivity index (χ2n) is 2.66. The van der Waals surface area contributed by atoms with E-state index in [0.717, 1.165) is 18.9 Å². The minimum atomic E-state index is 0.578. The van der Waals surface area contributed by atoms with Crippen molar-refractivity contribution in [3.05, 3.63) is 23.4 Å². The number of pyridine rings is 1. The summed E-state index contributed by atoms with van der Waals surface area (Å²) in [6.07, 6.45) is 1.27. The van der Waals surface area contributed by atoms with Gasteiger partial charge in [-0.15, -0.1) is 0 Å². The zero-order valence-electron chi connectivity index (χ0n) is 6.13. The summed E-state index contributed by atoms with van der Waals surface area (Å²) in [5, 5.41) is 0.578. The first-order valence-electron chi connectivity index (χ1n) is 3.74. The molecule has 0 amide bonds. The lowest BCUT2D eigenvalue weighted by molar-refractivity contribution is 0.610. The first kappa shape index (κ1) is 6.92.